The van der Waals surface area contributed by atoms with E-state index in [4.69, 9.17) is 21.1 Å². The molecule has 174 valence electrons. The normalized spacial score (nSPS) is 10.5. The van der Waals surface area contributed by atoms with E-state index in [0.717, 1.165) is 11.3 Å². The minimum atomic E-state index is -0.230. The second kappa shape index (κ2) is 11.9. The minimum absolute atomic E-state index is 0.0583. The molecule has 0 spiro atoms. The standard InChI is InChI=1S/C23H26ClN5O4/c1-17-3-5-19(6-4-17)33-12-10-28(2)23(31)16-29-15-18(14-26-29)27-22(30)8-11-32-20-7-9-25-21(24)13-20/h3-7,9,13-15H,8,10-12,16H2,1-2H3,(H,27,30). The predicted molar refractivity (Wildman–Crippen MR) is 125 cm³/mol. The van der Waals surface area contributed by atoms with Crippen molar-refractivity contribution in [2.75, 3.05) is 32.1 Å². The third-order valence-corrected chi connectivity index (χ3v) is 4.86. The number of likely N-dealkylation sites (N-methyl/N-ethyl adjacent to an activating group) is 1. The summed E-state index contributed by atoms with van der Waals surface area (Å²) in [5, 5.41) is 7.19. The molecule has 1 aromatic carbocycles. The number of carbonyl (C=O) groups excluding carboxylic acids is 2. The summed E-state index contributed by atoms with van der Waals surface area (Å²) in [5.74, 6) is 0.964. The van der Waals surface area contributed by atoms with E-state index in [2.05, 4.69) is 15.4 Å². The zero-order chi connectivity index (χ0) is 23.6. The van der Waals surface area contributed by atoms with Crippen LogP contribution in [0.3, 0.4) is 0 Å². The van der Waals surface area contributed by atoms with E-state index in [1.165, 1.54) is 17.1 Å². The first-order valence-corrected chi connectivity index (χ1v) is 10.8. The molecule has 0 saturated heterocycles. The fourth-order valence-corrected chi connectivity index (χ4v) is 2.96. The van der Waals surface area contributed by atoms with Crippen molar-refractivity contribution in [2.45, 2.75) is 19.9 Å². The maximum absolute atomic E-state index is 12.4. The summed E-state index contributed by atoms with van der Waals surface area (Å²) in [5.41, 5.74) is 1.66. The average Bonchev–Trinajstić information content (AvgIpc) is 3.21. The molecule has 0 fully saturated rings. The predicted octanol–water partition coefficient (Wildman–Crippen LogP) is 3.18. The van der Waals surface area contributed by atoms with E-state index in [1.807, 2.05) is 31.2 Å². The van der Waals surface area contributed by atoms with Gasteiger partial charge in [-0.05, 0) is 25.1 Å². The molecular weight excluding hydrogens is 446 g/mol. The highest BCUT2D eigenvalue weighted by molar-refractivity contribution is 6.29. The Morgan fingerprint density at radius 1 is 1.12 bits per heavy atom. The molecule has 0 radical (unpaired) electrons. The van der Waals surface area contributed by atoms with Crippen molar-refractivity contribution in [1.29, 1.82) is 0 Å². The lowest BCUT2D eigenvalue weighted by molar-refractivity contribution is -0.131. The van der Waals surface area contributed by atoms with Crippen LogP contribution in [0.1, 0.15) is 12.0 Å². The number of ether oxygens (including phenoxy) is 2. The van der Waals surface area contributed by atoms with Crippen molar-refractivity contribution < 1.29 is 19.1 Å². The van der Waals surface area contributed by atoms with Gasteiger partial charge in [-0.25, -0.2) is 4.98 Å². The lowest BCUT2D eigenvalue weighted by Gasteiger charge is -2.17. The number of pyridine rings is 1. The number of anilines is 1. The fourth-order valence-electron chi connectivity index (χ4n) is 2.79. The van der Waals surface area contributed by atoms with Crippen LogP contribution in [-0.4, -0.2) is 58.3 Å². The summed E-state index contributed by atoms with van der Waals surface area (Å²) in [6.07, 6.45) is 4.78. The Morgan fingerprint density at radius 2 is 1.88 bits per heavy atom. The number of nitrogens with one attached hydrogen (secondary N) is 1. The summed E-state index contributed by atoms with van der Waals surface area (Å²) in [4.78, 5) is 30.0. The van der Waals surface area contributed by atoms with Crippen LogP contribution in [0.4, 0.5) is 5.69 Å². The minimum Gasteiger partial charge on any atom is -0.493 e. The van der Waals surface area contributed by atoms with E-state index in [1.54, 1.807) is 30.3 Å². The maximum Gasteiger partial charge on any atom is 0.244 e. The first-order chi connectivity index (χ1) is 15.9. The molecule has 3 aromatic rings. The fraction of sp³-hybridized carbons (Fsp3) is 0.304. The Hall–Kier alpha value is -3.59. The summed E-state index contributed by atoms with van der Waals surface area (Å²) in [6.45, 7) is 3.09. The molecule has 10 heteroatoms. The lowest BCUT2D eigenvalue weighted by atomic mass is 10.2. The first-order valence-electron chi connectivity index (χ1n) is 10.4. The smallest absolute Gasteiger partial charge is 0.244 e. The summed E-state index contributed by atoms with van der Waals surface area (Å²) >= 11 is 5.79. The molecule has 0 unspecified atom stereocenters. The molecule has 2 aromatic heterocycles. The average molecular weight is 472 g/mol. The number of aryl methyl sites for hydroxylation is 1. The molecule has 0 aliphatic heterocycles. The van der Waals surface area contributed by atoms with Crippen molar-refractivity contribution in [3.8, 4) is 11.5 Å². The van der Waals surface area contributed by atoms with Crippen LogP contribution >= 0.6 is 11.6 Å². The molecule has 0 aliphatic rings. The number of rotatable bonds is 11. The topological polar surface area (TPSA) is 98.6 Å². The van der Waals surface area contributed by atoms with Crippen molar-refractivity contribution in [3.63, 3.8) is 0 Å². The third kappa shape index (κ3) is 8.12. The molecular formula is C23H26ClN5O4. The highest BCUT2D eigenvalue weighted by Gasteiger charge is 2.12. The van der Waals surface area contributed by atoms with Crippen LogP contribution in [0, 0.1) is 6.92 Å². The van der Waals surface area contributed by atoms with Gasteiger partial charge in [0.1, 0.15) is 29.8 Å². The maximum atomic E-state index is 12.4. The number of amides is 2. The Labute approximate surface area is 197 Å². The molecule has 2 heterocycles. The van der Waals surface area contributed by atoms with Gasteiger partial charge in [0.2, 0.25) is 11.8 Å². The molecule has 0 atom stereocenters. The highest BCUT2D eigenvalue weighted by Crippen LogP contribution is 2.15. The highest BCUT2D eigenvalue weighted by atomic mass is 35.5. The van der Waals surface area contributed by atoms with Crippen LogP contribution in [0.2, 0.25) is 5.15 Å². The van der Waals surface area contributed by atoms with E-state index < -0.39 is 0 Å². The van der Waals surface area contributed by atoms with Crippen LogP contribution in [0.5, 0.6) is 11.5 Å². The summed E-state index contributed by atoms with van der Waals surface area (Å²) < 4.78 is 12.6. The molecule has 9 nitrogen and oxygen atoms in total. The van der Waals surface area contributed by atoms with E-state index in [0.29, 0.717) is 29.7 Å². The number of hydrogen-bond donors (Lipinski definition) is 1. The van der Waals surface area contributed by atoms with Crippen LogP contribution in [0.15, 0.2) is 55.0 Å². The Morgan fingerprint density at radius 3 is 2.64 bits per heavy atom. The van der Waals surface area contributed by atoms with Gasteiger partial charge in [0.25, 0.3) is 0 Å². The van der Waals surface area contributed by atoms with Gasteiger partial charge in [0.05, 0.1) is 31.5 Å². The Kier molecular flexibility index (Phi) is 8.65. The number of halogens is 1. The van der Waals surface area contributed by atoms with Crippen LogP contribution < -0.4 is 14.8 Å². The summed E-state index contributed by atoms with van der Waals surface area (Å²) in [6, 6.07) is 11.0. The van der Waals surface area contributed by atoms with Crippen LogP contribution in [-0.2, 0) is 16.1 Å². The third-order valence-electron chi connectivity index (χ3n) is 4.65. The number of carbonyl (C=O) groups is 2. The molecule has 0 saturated carbocycles. The first kappa shape index (κ1) is 24.1. The molecule has 0 aliphatic carbocycles. The second-order valence-electron chi connectivity index (χ2n) is 7.36. The van der Waals surface area contributed by atoms with Gasteiger partial charge < -0.3 is 19.7 Å². The van der Waals surface area contributed by atoms with E-state index in [-0.39, 0.29) is 31.4 Å². The van der Waals surface area contributed by atoms with Crippen molar-refractivity contribution in [3.05, 3.63) is 65.7 Å². The van der Waals surface area contributed by atoms with Crippen molar-refractivity contribution in [1.82, 2.24) is 19.7 Å². The van der Waals surface area contributed by atoms with Crippen molar-refractivity contribution >= 4 is 29.1 Å². The number of hydrogen-bond acceptors (Lipinski definition) is 6. The molecule has 3 rings (SSSR count). The molecule has 2 amide bonds. The van der Waals surface area contributed by atoms with Gasteiger partial charge in [0, 0.05) is 25.5 Å². The largest absolute Gasteiger partial charge is 0.493 e. The quantitative estimate of drug-likeness (QED) is 0.431. The number of aromatic nitrogens is 3. The van der Waals surface area contributed by atoms with Gasteiger partial charge in [-0.15, -0.1) is 0 Å². The second-order valence-corrected chi connectivity index (χ2v) is 7.75. The monoisotopic (exact) mass is 471 g/mol. The van der Waals surface area contributed by atoms with Gasteiger partial charge in [-0.1, -0.05) is 29.3 Å². The Balaban J connectivity index is 1.36. The van der Waals surface area contributed by atoms with Gasteiger partial charge >= 0.3 is 0 Å². The summed E-state index contributed by atoms with van der Waals surface area (Å²) in [7, 11) is 1.71. The molecule has 33 heavy (non-hydrogen) atoms. The van der Waals surface area contributed by atoms with Gasteiger partial charge in [-0.3, -0.25) is 14.3 Å². The molecule has 1 N–H and O–H groups in total. The van der Waals surface area contributed by atoms with Crippen molar-refractivity contribution in [2.24, 2.45) is 0 Å². The lowest BCUT2D eigenvalue weighted by Crippen LogP contribution is -2.33. The SMILES string of the molecule is Cc1ccc(OCCN(C)C(=O)Cn2cc(NC(=O)CCOc3ccnc(Cl)c3)cn2)cc1. The van der Waals surface area contributed by atoms with Crippen LogP contribution in [0.25, 0.3) is 0 Å². The molecule has 0 bridgehead atoms. The van der Waals surface area contributed by atoms with E-state index >= 15 is 0 Å². The zero-order valence-corrected chi connectivity index (χ0v) is 19.3. The number of nitrogens with zero attached hydrogens (tertiary/aromatic N) is 4. The van der Waals surface area contributed by atoms with Gasteiger partial charge in [-0.2, -0.15) is 5.10 Å². The van der Waals surface area contributed by atoms with E-state index in [9.17, 15) is 9.59 Å². The number of benzene rings is 1. The Bertz CT molecular complexity index is 1070. The van der Waals surface area contributed by atoms with Gasteiger partial charge in [0.15, 0.2) is 0 Å². The zero-order valence-electron chi connectivity index (χ0n) is 18.5.